The minimum atomic E-state index is -1.09. The quantitative estimate of drug-likeness (QED) is 0.325. The van der Waals surface area contributed by atoms with Crippen molar-refractivity contribution in [2.24, 2.45) is 5.73 Å². The van der Waals surface area contributed by atoms with Crippen LogP contribution in [0, 0.1) is 0 Å². The second-order valence-corrected chi connectivity index (χ2v) is 9.88. The minimum absolute atomic E-state index is 0.000274. The molecule has 0 saturated heterocycles. The zero-order valence-electron chi connectivity index (χ0n) is 22.0. The number of rotatable bonds is 11. The summed E-state index contributed by atoms with van der Waals surface area (Å²) in [6.07, 6.45) is 3.80. The molecule has 3 amide bonds. The SMILES string of the molecule is CCOc1ccc([C@@H](C(=O)NC2CCCC2)N(C(=O)c2snc(C(N)=O)c2N)c2ccccc2OCC)cc1. The Balaban J connectivity index is 1.88. The van der Waals surface area contributed by atoms with Crippen LogP contribution in [0.25, 0.3) is 0 Å². The second kappa shape index (κ2) is 12.6. The average molecular weight is 552 g/mol. The van der Waals surface area contributed by atoms with Gasteiger partial charge in [-0.2, -0.15) is 4.37 Å². The highest BCUT2D eigenvalue weighted by Gasteiger charge is 2.38. The molecule has 1 aliphatic rings. The Bertz CT molecular complexity index is 1320. The molecule has 0 unspecified atom stereocenters. The Hall–Kier alpha value is -4.12. The third-order valence-electron chi connectivity index (χ3n) is 6.51. The Morgan fingerprint density at radius 2 is 1.72 bits per heavy atom. The van der Waals surface area contributed by atoms with Crippen molar-refractivity contribution in [2.45, 2.75) is 51.6 Å². The van der Waals surface area contributed by atoms with Gasteiger partial charge < -0.3 is 26.3 Å². The maximum Gasteiger partial charge on any atom is 0.273 e. The number of anilines is 2. The van der Waals surface area contributed by atoms with Gasteiger partial charge in [-0.05, 0) is 68.1 Å². The number of carbonyl (C=O) groups excluding carboxylic acids is 3. The molecule has 3 aromatic rings. The van der Waals surface area contributed by atoms with Crippen LogP contribution in [0.15, 0.2) is 48.5 Å². The number of nitrogen functional groups attached to an aromatic ring is 1. The van der Waals surface area contributed by atoms with Gasteiger partial charge in [-0.3, -0.25) is 19.3 Å². The topological polar surface area (TPSA) is 150 Å². The highest BCUT2D eigenvalue weighted by molar-refractivity contribution is 7.09. The molecule has 0 spiro atoms. The molecule has 0 aliphatic heterocycles. The third-order valence-corrected chi connectivity index (χ3v) is 7.36. The summed E-state index contributed by atoms with van der Waals surface area (Å²) in [5.41, 5.74) is 12.2. The second-order valence-electron chi connectivity index (χ2n) is 9.11. The average Bonchev–Trinajstić information content (AvgIpc) is 3.58. The number of nitrogens with one attached hydrogen (secondary N) is 1. The maximum atomic E-state index is 14.3. The number of ether oxygens (including phenoxy) is 2. The van der Waals surface area contributed by atoms with Crippen LogP contribution in [0.5, 0.6) is 11.5 Å². The van der Waals surface area contributed by atoms with Gasteiger partial charge in [-0.1, -0.05) is 37.1 Å². The summed E-state index contributed by atoms with van der Waals surface area (Å²) >= 11 is 0.762. The zero-order valence-corrected chi connectivity index (χ0v) is 22.8. The van der Waals surface area contributed by atoms with E-state index < -0.39 is 17.9 Å². The molecule has 10 nitrogen and oxygen atoms in total. The van der Waals surface area contributed by atoms with Gasteiger partial charge in [0.15, 0.2) is 5.69 Å². The summed E-state index contributed by atoms with van der Waals surface area (Å²) in [4.78, 5) is 41.5. The van der Waals surface area contributed by atoms with Gasteiger partial charge >= 0.3 is 0 Å². The van der Waals surface area contributed by atoms with Crippen molar-refractivity contribution in [2.75, 3.05) is 23.8 Å². The summed E-state index contributed by atoms with van der Waals surface area (Å²) in [5, 5.41) is 3.14. The molecule has 11 heteroatoms. The van der Waals surface area contributed by atoms with E-state index >= 15 is 0 Å². The first-order chi connectivity index (χ1) is 18.8. The zero-order chi connectivity index (χ0) is 27.9. The number of carbonyl (C=O) groups is 3. The molecule has 1 aromatic heterocycles. The summed E-state index contributed by atoms with van der Waals surface area (Å²) in [7, 11) is 0. The highest BCUT2D eigenvalue weighted by Crippen LogP contribution is 2.38. The minimum Gasteiger partial charge on any atom is -0.494 e. The van der Waals surface area contributed by atoms with Crippen molar-refractivity contribution in [3.05, 3.63) is 64.7 Å². The molecule has 2 aromatic carbocycles. The van der Waals surface area contributed by atoms with E-state index in [0.717, 1.165) is 37.2 Å². The van der Waals surface area contributed by atoms with Crippen molar-refractivity contribution < 1.29 is 23.9 Å². The molecule has 5 N–H and O–H groups in total. The number of hydrogen-bond donors (Lipinski definition) is 3. The van der Waals surface area contributed by atoms with Crippen molar-refractivity contribution in [1.82, 2.24) is 9.69 Å². The van der Waals surface area contributed by atoms with Crippen LogP contribution >= 0.6 is 11.5 Å². The Kier molecular flexibility index (Phi) is 9.03. The predicted molar refractivity (Wildman–Crippen MR) is 150 cm³/mol. The molecular formula is C28H33N5O5S. The Morgan fingerprint density at radius 3 is 2.33 bits per heavy atom. The normalized spacial score (nSPS) is 14.0. The lowest BCUT2D eigenvalue weighted by Gasteiger charge is -2.33. The smallest absolute Gasteiger partial charge is 0.273 e. The van der Waals surface area contributed by atoms with Crippen molar-refractivity contribution >= 4 is 40.6 Å². The highest BCUT2D eigenvalue weighted by atomic mass is 32.1. The van der Waals surface area contributed by atoms with Crippen LogP contribution in [0.3, 0.4) is 0 Å². The Labute approximate surface area is 231 Å². The lowest BCUT2D eigenvalue weighted by molar-refractivity contribution is -0.123. The van der Waals surface area contributed by atoms with Gasteiger partial charge in [0.25, 0.3) is 11.8 Å². The summed E-state index contributed by atoms with van der Waals surface area (Å²) in [6, 6.07) is 13.0. The van der Waals surface area contributed by atoms with Crippen LogP contribution in [-0.4, -0.2) is 41.4 Å². The first kappa shape index (κ1) is 27.9. The van der Waals surface area contributed by atoms with Crippen LogP contribution in [0.4, 0.5) is 11.4 Å². The standard InChI is InChI=1S/C28H33N5O5S/c1-3-37-19-15-13-17(14-16-19)24(27(35)31-18-9-5-6-10-18)33(20-11-7-8-12-21(20)38-4-2)28(36)25-22(29)23(26(30)34)32-39-25/h7-8,11-16,18,24H,3-6,9-10,29H2,1-2H3,(H2,30,34)(H,31,35)/t24-/m0/s1. The van der Waals surface area contributed by atoms with Gasteiger partial charge in [0.2, 0.25) is 5.91 Å². The monoisotopic (exact) mass is 551 g/mol. The molecular weight excluding hydrogens is 518 g/mol. The van der Waals surface area contributed by atoms with Crippen LogP contribution < -0.4 is 31.2 Å². The molecule has 1 atom stereocenters. The third kappa shape index (κ3) is 6.14. The van der Waals surface area contributed by atoms with Crippen LogP contribution in [0.2, 0.25) is 0 Å². The van der Waals surface area contributed by atoms with Gasteiger partial charge in [-0.25, -0.2) is 0 Å². The van der Waals surface area contributed by atoms with E-state index in [1.807, 2.05) is 13.8 Å². The lowest BCUT2D eigenvalue weighted by Crippen LogP contribution is -2.46. The number of primary amides is 1. The first-order valence-corrected chi connectivity index (χ1v) is 13.8. The number of nitrogens with two attached hydrogens (primary N) is 2. The van der Waals surface area contributed by atoms with Crippen molar-refractivity contribution in [1.29, 1.82) is 0 Å². The van der Waals surface area contributed by atoms with Gasteiger partial charge in [-0.15, -0.1) is 0 Å². The van der Waals surface area contributed by atoms with E-state index in [9.17, 15) is 14.4 Å². The number of hydrogen-bond acceptors (Lipinski definition) is 8. The summed E-state index contributed by atoms with van der Waals surface area (Å²) < 4.78 is 15.5. The van der Waals surface area contributed by atoms with E-state index in [1.54, 1.807) is 48.5 Å². The fraction of sp³-hybridized carbons (Fsp3) is 0.357. The Morgan fingerprint density at radius 1 is 1.05 bits per heavy atom. The number of amides is 3. The van der Waals surface area contributed by atoms with E-state index in [-0.39, 0.29) is 28.2 Å². The van der Waals surface area contributed by atoms with Gasteiger partial charge in [0.05, 0.1) is 24.6 Å². The molecule has 1 heterocycles. The van der Waals surface area contributed by atoms with Gasteiger partial charge in [0.1, 0.15) is 22.4 Å². The number of para-hydroxylation sites is 2. The van der Waals surface area contributed by atoms with Crippen LogP contribution in [0.1, 0.15) is 71.3 Å². The molecule has 0 bridgehead atoms. The van der Waals surface area contributed by atoms with Gasteiger partial charge in [0, 0.05) is 6.04 Å². The predicted octanol–water partition coefficient (Wildman–Crippen LogP) is 4.07. The number of aromatic nitrogens is 1. The first-order valence-electron chi connectivity index (χ1n) is 13.0. The summed E-state index contributed by atoms with van der Waals surface area (Å²) in [5.74, 6) is -0.738. The molecule has 39 heavy (non-hydrogen) atoms. The molecule has 4 rings (SSSR count). The number of nitrogens with zero attached hydrogens (tertiary/aromatic N) is 2. The molecule has 206 valence electrons. The molecule has 0 radical (unpaired) electrons. The van der Waals surface area contributed by atoms with Crippen molar-refractivity contribution in [3.8, 4) is 11.5 Å². The van der Waals surface area contributed by atoms with E-state index in [2.05, 4.69) is 9.69 Å². The largest absolute Gasteiger partial charge is 0.494 e. The molecule has 1 aliphatic carbocycles. The van der Waals surface area contributed by atoms with E-state index in [4.69, 9.17) is 20.9 Å². The number of benzene rings is 2. The maximum absolute atomic E-state index is 14.3. The fourth-order valence-electron chi connectivity index (χ4n) is 4.72. The fourth-order valence-corrected chi connectivity index (χ4v) is 5.46. The van der Waals surface area contributed by atoms with Crippen molar-refractivity contribution in [3.63, 3.8) is 0 Å². The lowest BCUT2D eigenvalue weighted by atomic mass is 10.0. The molecule has 1 saturated carbocycles. The summed E-state index contributed by atoms with van der Waals surface area (Å²) in [6.45, 7) is 4.55. The van der Waals surface area contributed by atoms with Crippen LogP contribution in [-0.2, 0) is 4.79 Å². The van der Waals surface area contributed by atoms with E-state index in [1.165, 1.54) is 4.90 Å². The molecule has 1 fully saturated rings. The van der Waals surface area contributed by atoms with E-state index in [0.29, 0.717) is 36.0 Å².